The molecule has 0 spiro atoms. The van der Waals surface area contributed by atoms with Gasteiger partial charge in [0.1, 0.15) is 17.0 Å². The average Bonchev–Trinajstić information content (AvgIpc) is 2.11. The zero-order chi connectivity index (χ0) is 9.90. The molecule has 0 heterocycles. The second-order valence-electron chi connectivity index (χ2n) is 3.71. The molecule has 2 nitrogen and oxygen atoms in total. The van der Waals surface area contributed by atoms with Gasteiger partial charge in [0.15, 0.2) is 0 Å². The van der Waals surface area contributed by atoms with E-state index in [1.54, 1.807) is 13.0 Å². The Kier molecular flexibility index (Phi) is 3.02. The molecule has 1 aliphatic rings. The van der Waals surface area contributed by atoms with Gasteiger partial charge in [-0.15, -0.1) is 0 Å². The van der Waals surface area contributed by atoms with Crippen LogP contribution in [0.25, 0.3) is 0 Å². The van der Waals surface area contributed by atoms with Crippen LogP contribution in [0.5, 0.6) is 0 Å². The predicted octanol–water partition coefficient (Wildman–Crippen LogP) is 2.28. The lowest BCUT2D eigenvalue weighted by Gasteiger charge is -2.27. The van der Waals surface area contributed by atoms with Crippen LogP contribution < -0.4 is 0 Å². The number of Topliss-reactive ketones (excluding diaryl/α,β-unsaturated/α-hetero) is 2. The molecular weight excluding hydrogens is 164 g/mol. The van der Waals surface area contributed by atoms with Crippen LogP contribution in [0.15, 0.2) is 12.2 Å². The van der Waals surface area contributed by atoms with Crippen molar-refractivity contribution in [3.8, 4) is 0 Å². The van der Waals surface area contributed by atoms with Crippen molar-refractivity contribution in [2.24, 2.45) is 5.41 Å². The molecular formula is C11H16O2. The number of hydrogen-bond acceptors (Lipinski definition) is 2. The fraction of sp³-hybridized carbons (Fsp3) is 0.636. The Balaban J connectivity index is 2.88. The molecule has 0 aliphatic heterocycles. The first-order valence-electron chi connectivity index (χ1n) is 4.85. The van der Waals surface area contributed by atoms with Gasteiger partial charge in [0.25, 0.3) is 0 Å². The molecule has 72 valence electrons. The summed E-state index contributed by atoms with van der Waals surface area (Å²) in [7, 11) is 0. The molecule has 13 heavy (non-hydrogen) atoms. The van der Waals surface area contributed by atoms with E-state index in [1.165, 1.54) is 0 Å². The van der Waals surface area contributed by atoms with Crippen LogP contribution >= 0.6 is 0 Å². The zero-order valence-corrected chi connectivity index (χ0v) is 8.30. The second-order valence-corrected chi connectivity index (χ2v) is 3.71. The van der Waals surface area contributed by atoms with Gasteiger partial charge < -0.3 is 0 Å². The number of carbonyl (C=O) groups is 2. The molecule has 0 aromatic carbocycles. The van der Waals surface area contributed by atoms with Crippen LogP contribution in [0.3, 0.4) is 0 Å². The molecule has 0 unspecified atom stereocenters. The summed E-state index contributed by atoms with van der Waals surface area (Å²) in [4.78, 5) is 23.1. The van der Waals surface area contributed by atoms with Crippen molar-refractivity contribution in [1.82, 2.24) is 0 Å². The average molecular weight is 180 g/mol. The van der Waals surface area contributed by atoms with Gasteiger partial charge in [-0.05, 0) is 19.8 Å². The van der Waals surface area contributed by atoms with Crippen molar-refractivity contribution in [3.63, 3.8) is 0 Å². The van der Waals surface area contributed by atoms with E-state index in [0.29, 0.717) is 12.8 Å². The Morgan fingerprint density at radius 2 is 1.85 bits per heavy atom. The zero-order valence-electron chi connectivity index (χ0n) is 8.30. The monoisotopic (exact) mass is 180 g/mol. The molecule has 0 radical (unpaired) electrons. The van der Waals surface area contributed by atoms with Gasteiger partial charge in [-0.2, -0.15) is 0 Å². The topological polar surface area (TPSA) is 34.1 Å². The van der Waals surface area contributed by atoms with Gasteiger partial charge in [0.05, 0.1) is 0 Å². The number of rotatable bonds is 2. The minimum absolute atomic E-state index is 0.0773. The second kappa shape index (κ2) is 3.86. The SMILES string of the molecule is CC/C=C/C1(C)C(=O)CCCC1=O. The molecule has 1 rings (SSSR count). The van der Waals surface area contributed by atoms with Gasteiger partial charge >= 0.3 is 0 Å². The molecule has 0 atom stereocenters. The Bertz CT molecular complexity index is 235. The summed E-state index contributed by atoms with van der Waals surface area (Å²) < 4.78 is 0. The van der Waals surface area contributed by atoms with Crippen LogP contribution in [-0.4, -0.2) is 11.6 Å². The normalized spacial score (nSPS) is 22.6. The summed E-state index contributed by atoms with van der Waals surface area (Å²) in [5, 5.41) is 0. The van der Waals surface area contributed by atoms with Crippen molar-refractivity contribution < 1.29 is 9.59 Å². The predicted molar refractivity (Wildman–Crippen MR) is 51.4 cm³/mol. The summed E-state index contributed by atoms with van der Waals surface area (Å²) in [6.07, 6.45) is 6.38. The van der Waals surface area contributed by atoms with Crippen molar-refractivity contribution in [1.29, 1.82) is 0 Å². The van der Waals surface area contributed by atoms with Crippen molar-refractivity contribution >= 4 is 11.6 Å². The number of ketones is 2. The number of allylic oxidation sites excluding steroid dienone is 2. The largest absolute Gasteiger partial charge is 0.298 e. The first-order valence-corrected chi connectivity index (χ1v) is 4.85. The lowest BCUT2D eigenvalue weighted by molar-refractivity contribution is -0.139. The van der Waals surface area contributed by atoms with Crippen LogP contribution in [0.2, 0.25) is 0 Å². The molecule has 1 fully saturated rings. The van der Waals surface area contributed by atoms with Crippen LogP contribution in [0, 0.1) is 5.41 Å². The standard InChI is InChI=1S/C11H16O2/c1-3-4-8-11(2)9(12)6-5-7-10(11)13/h4,8H,3,5-7H2,1-2H3/b8-4+. The lowest BCUT2D eigenvalue weighted by atomic mass is 9.73. The van der Waals surface area contributed by atoms with Crippen molar-refractivity contribution in [3.05, 3.63) is 12.2 Å². The third-order valence-corrected chi connectivity index (χ3v) is 2.65. The van der Waals surface area contributed by atoms with Gasteiger partial charge in [-0.25, -0.2) is 0 Å². The van der Waals surface area contributed by atoms with E-state index in [0.717, 1.165) is 12.8 Å². The van der Waals surface area contributed by atoms with Gasteiger partial charge in [-0.3, -0.25) is 9.59 Å². The first-order chi connectivity index (χ1) is 6.11. The minimum Gasteiger partial charge on any atom is -0.298 e. The Hall–Kier alpha value is -0.920. The van der Waals surface area contributed by atoms with Crippen molar-refractivity contribution in [2.75, 3.05) is 0 Å². The molecule has 2 heteroatoms. The van der Waals surface area contributed by atoms with Gasteiger partial charge in [0, 0.05) is 12.8 Å². The maximum atomic E-state index is 11.6. The summed E-state index contributed by atoms with van der Waals surface area (Å²) in [6.45, 7) is 3.74. The molecule has 0 saturated heterocycles. The number of hydrogen-bond donors (Lipinski definition) is 0. The summed E-state index contributed by atoms with van der Waals surface area (Å²) in [5.41, 5.74) is -0.811. The molecule has 1 saturated carbocycles. The highest BCUT2D eigenvalue weighted by Crippen LogP contribution is 2.30. The van der Waals surface area contributed by atoms with E-state index >= 15 is 0 Å². The molecule has 0 aromatic rings. The van der Waals surface area contributed by atoms with Crippen molar-refractivity contribution in [2.45, 2.75) is 39.5 Å². The summed E-state index contributed by atoms with van der Waals surface area (Å²) in [6, 6.07) is 0. The molecule has 0 aromatic heterocycles. The van der Waals surface area contributed by atoms with E-state index in [1.807, 2.05) is 13.0 Å². The third kappa shape index (κ3) is 1.87. The van der Waals surface area contributed by atoms with E-state index in [4.69, 9.17) is 0 Å². The molecule has 1 aliphatic carbocycles. The Morgan fingerprint density at radius 3 is 2.31 bits per heavy atom. The minimum atomic E-state index is -0.811. The fourth-order valence-corrected chi connectivity index (χ4v) is 1.62. The molecule has 0 N–H and O–H groups in total. The third-order valence-electron chi connectivity index (χ3n) is 2.65. The Labute approximate surface area is 79.0 Å². The fourth-order valence-electron chi connectivity index (χ4n) is 1.62. The first kappa shape index (κ1) is 10.2. The molecule has 0 bridgehead atoms. The van der Waals surface area contributed by atoms with Crippen LogP contribution in [0.1, 0.15) is 39.5 Å². The highest BCUT2D eigenvalue weighted by molar-refractivity contribution is 6.10. The quantitative estimate of drug-likeness (QED) is 0.482. The number of carbonyl (C=O) groups excluding carboxylic acids is 2. The highest BCUT2D eigenvalue weighted by atomic mass is 16.2. The maximum Gasteiger partial charge on any atom is 0.149 e. The van der Waals surface area contributed by atoms with E-state index < -0.39 is 5.41 Å². The Morgan fingerprint density at radius 1 is 1.31 bits per heavy atom. The lowest BCUT2D eigenvalue weighted by Crippen LogP contribution is -2.38. The van der Waals surface area contributed by atoms with Crippen LogP contribution in [-0.2, 0) is 9.59 Å². The summed E-state index contributed by atoms with van der Waals surface area (Å²) >= 11 is 0. The van der Waals surface area contributed by atoms with Gasteiger partial charge in [0.2, 0.25) is 0 Å². The van der Waals surface area contributed by atoms with Gasteiger partial charge in [-0.1, -0.05) is 19.1 Å². The highest BCUT2D eigenvalue weighted by Gasteiger charge is 2.39. The van der Waals surface area contributed by atoms with E-state index in [2.05, 4.69) is 0 Å². The summed E-state index contributed by atoms with van der Waals surface area (Å²) in [5.74, 6) is 0.155. The van der Waals surface area contributed by atoms with E-state index in [9.17, 15) is 9.59 Å². The molecule has 0 amide bonds. The van der Waals surface area contributed by atoms with Crippen LogP contribution in [0.4, 0.5) is 0 Å². The van der Waals surface area contributed by atoms with E-state index in [-0.39, 0.29) is 11.6 Å². The maximum absolute atomic E-state index is 11.6. The smallest absolute Gasteiger partial charge is 0.149 e.